The Hall–Kier alpha value is -2.56. The Balaban J connectivity index is 1.98. The third-order valence-electron chi connectivity index (χ3n) is 4.50. The molecule has 0 aliphatic carbocycles. The predicted octanol–water partition coefficient (Wildman–Crippen LogP) is 2.66. The van der Waals surface area contributed by atoms with E-state index < -0.39 is 27.4 Å². The molecule has 1 aliphatic rings. The number of rotatable bonds is 5. The molecule has 0 unspecified atom stereocenters. The van der Waals surface area contributed by atoms with Crippen molar-refractivity contribution in [2.24, 2.45) is 0 Å². The molecule has 3 rings (SSSR count). The topological polar surface area (TPSA) is 115 Å². The molecule has 1 amide bonds. The lowest BCUT2D eigenvalue weighted by Crippen LogP contribution is -2.50. The Morgan fingerprint density at radius 1 is 1.23 bits per heavy atom. The van der Waals surface area contributed by atoms with Crippen molar-refractivity contribution in [3.05, 3.63) is 46.1 Å². The number of nitrogens with one attached hydrogen (secondary N) is 1. The normalized spacial score (nSPS) is 13.8. The number of fused-ring (bicyclic) bond motifs is 1. The average Bonchev–Trinajstić information content (AvgIpc) is 2.73. The summed E-state index contributed by atoms with van der Waals surface area (Å²) in [6.45, 7) is 3.02. The molecule has 0 bridgehead atoms. The van der Waals surface area contributed by atoms with E-state index in [4.69, 9.17) is 27.9 Å². The summed E-state index contributed by atoms with van der Waals surface area (Å²) in [6, 6.07) is 5.30. The fraction of sp³-hybridized carbons (Fsp3) is 0.316. The molecule has 2 aromatic rings. The van der Waals surface area contributed by atoms with Crippen molar-refractivity contribution in [3.63, 3.8) is 0 Å². The highest BCUT2D eigenvalue weighted by molar-refractivity contribution is 7.92. The second-order valence-corrected chi connectivity index (χ2v) is 9.80. The van der Waals surface area contributed by atoms with Gasteiger partial charge in [-0.1, -0.05) is 23.2 Å². The van der Waals surface area contributed by atoms with Crippen molar-refractivity contribution >= 4 is 50.8 Å². The molecule has 0 spiro atoms. The van der Waals surface area contributed by atoms with Crippen molar-refractivity contribution in [1.82, 2.24) is 10.3 Å². The first-order valence-electron chi connectivity index (χ1n) is 8.99. The van der Waals surface area contributed by atoms with Gasteiger partial charge in [0.2, 0.25) is 5.88 Å². The molecule has 166 valence electrons. The number of benzene rings is 1. The van der Waals surface area contributed by atoms with Gasteiger partial charge in [-0.25, -0.2) is 18.2 Å². The number of carbonyl (C=O) groups excluding carboxylic acids is 2. The second kappa shape index (κ2) is 8.52. The van der Waals surface area contributed by atoms with Crippen molar-refractivity contribution in [1.29, 1.82) is 0 Å². The van der Waals surface area contributed by atoms with E-state index in [0.717, 1.165) is 4.31 Å². The molecule has 2 heterocycles. The molecule has 1 N–H and O–H groups in total. The summed E-state index contributed by atoms with van der Waals surface area (Å²) in [7, 11) is -2.84. The summed E-state index contributed by atoms with van der Waals surface area (Å²) in [6.07, 6.45) is 1.23. The average molecular weight is 488 g/mol. The lowest BCUT2D eigenvalue weighted by molar-refractivity contribution is -0.146. The fourth-order valence-electron chi connectivity index (χ4n) is 2.88. The van der Waals surface area contributed by atoms with Gasteiger partial charge in [-0.3, -0.25) is 9.10 Å². The zero-order chi connectivity index (χ0) is 23.0. The summed E-state index contributed by atoms with van der Waals surface area (Å²) < 4.78 is 37.7. The molecule has 1 aromatic carbocycles. The molecule has 9 nitrogen and oxygen atoms in total. The molecule has 0 radical (unpaired) electrons. The summed E-state index contributed by atoms with van der Waals surface area (Å²) in [5.41, 5.74) is -1.18. The highest BCUT2D eigenvalue weighted by Gasteiger charge is 2.34. The number of sulfonamides is 1. The fourth-order valence-corrected chi connectivity index (χ4v) is 4.71. The van der Waals surface area contributed by atoms with E-state index in [1.54, 1.807) is 0 Å². The lowest BCUT2D eigenvalue weighted by Gasteiger charge is -2.30. The van der Waals surface area contributed by atoms with Gasteiger partial charge in [-0.05, 0) is 38.1 Å². The van der Waals surface area contributed by atoms with Gasteiger partial charge in [0.25, 0.3) is 15.9 Å². The van der Waals surface area contributed by atoms with Crippen LogP contribution < -0.4 is 14.4 Å². The molecule has 0 fully saturated rings. The van der Waals surface area contributed by atoms with Crippen LogP contribution in [0.4, 0.5) is 5.69 Å². The molecular formula is C19H19Cl2N3O6S. The number of nitrogens with zero attached hydrogens (tertiary/aromatic N) is 2. The zero-order valence-electron chi connectivity index (χ0n) is 16.8. The van der Waals surface area contributed by atoms with Crippen LogP contribution in [0.1, 0.15) is 24.2 Å². The highest BCUT2D eigenvalue weighted by atomic mass is 35.5. The van der Waals surface area contributed by atoms with Gasteiger partial charge in [0.15, 0.2) is 0 Å². The van der Waals surface area contributed by atoms with Crippen LogP contribution in [0.2, 0.25) is 10.0 Å². The van der Waals surface area contributed by atoms with Gasteiger partial charge in [0.1, 0.15) is 17.8 Å². The number of methoxy groups -OCH3 is 1. The molecule has 31 heavy (non-hydrogen) atoms. The zero-order valence-corrected chi connectivity index (χ0v) is 19.1. The minimum absolute atomic E-state index is 0.00398. The summed E-state index contributed by atoms with van der Waals surface area (Å²) in [4.78, 5) is 28.5. The van der Waals surface area contributed by atoms with Crippen LogP contribution in [0.3, 0.4) is 0 Å². The van der Waals surface area contributed by atoms with Crippen LogP contribution >= 0.6 is 23.2 Å². The quantitative estimate of drug-likeness (QED) is 0.644. The number of amides is 1. The van der Waals surface area contributed by atoms with E-state index in [2.05, 4.69) is 15.0 Å². The first-order chi connectivity index (χ1) is 14.5. The van der Waals surface area contributed by atoms with Gasteiger partial charge in [-0.2, -0.15) is 0 Å². The number of aromatic nitrogens is 1. The minimum atomic E-state index is -4.05. The van der Waals surface area contributed by atoms with Crippen LogP contribution in [0.15, 0.2) is 35.4 Å². The smallest absolute Gasteiger partial charge is 0.330 e. The summed E-state index contributed by atoms with van der Waals surface area (Å²) in [5.74, 6) is -1.22. The maximum atomic E-state index is 13.2. The van der Waals surface area contributed by atoms with Gasteiger partial charge in [-0.15, -0.1) is 0 Å². The monoisotopic (exact) mass is 487 g/mol. The number of carbonyl (C=O) groups is 2. The number of hydrogen-bond donors (Lipinski definition) is 1. The Bertz CT molecular complexity index is 1150. The molecule has 0 atom stereocenters. The summed E-state index contributed by atoms with van der Waals surface area (Å²) in [5, 5.41) is 2.84. The number of hydrogen-bond acceptors (Lipinski definition) is 7. The number of anilines is 1. The second-order valence-electron chi connectivity index (χ2n) is 7.12. The van der Waals surface area contributed by atoms with Crippen molar-refractivity contribution < 1.29 is 27.5 Å². The lowest BCUT2D eigenvalue weighted by atomic mass is 10.1. The number of pyridine rings is 1. The van der Waals surface area contributed by atoms with Crippen LogP contribution in [0.5, 0.6) is 5.88 Å². The van der Waals surface area contributed by atoms with Gasteiger partial charge < -0.3 is 14.8 Å². The van der Waals surface area contributed by atoms with Crippen molar-refractivity contribution in [3.8, 4) is 5.88 Å². The maximum absolute atomic E-state index is 13.2. The highest BCUT2D eigenvalue weighted by Crippen LogP contribution is 2.35. The number of halogens is 2. The molecule has 1 aromatic heterocycles. The first-order valence-corrected chi connectivity index (χ1v) is 11.2. The van der Waals surface area contributed by atoms with Crippen LogP contribution in [0.25, 0.3) is 0 Å². The molecular weight excluding hydrogens is 469 g/mol. The molecule has 0 saturated heterocycles. The van der Waals surface area contributed by atoms with Crippen molar-refractivity contribution in [2.75, 3.05) is 24.6 Å². The van der Waals surface area contributed by atoms with E-state index >= 15 is 0 Å². The largest absolute Gasteiger partial charge is 0.474 e. The van der Waals surface area contributed by atoms with Crippen LogP contribution in [-0.4, -0.2) is 51.1 Å². The van der Waals surface area contributed by atoms with Gasteiger partial charge >= 0.3 is 5.97 Å². The van der Waals surface area contributed by atoms with E-state index in [-0.39, 0.29) is 45.2 Å². The first kappa shape index (κ1) is 23.1. The Kier molecular flexibility index (Phi) is 6.35. The SMILES string of the molecule is COC(=O)C(C)(C)NC(=O)c1cnc2c(c1)N(S(=O)(=O)c1ccc(Cl)c(Cl)c1)CCO2. The standard InChI is InChI=1S/C19H19Cl2N3O6S/c1-19(2,18(26)29-3)23-16(25)11-8-15-17(22-10-11)30-7-6-24(15)31(27,28)12-4-5-13(20)14(21)9-12/h4-5,8-10H,6-7H2,1-3H3,(H,23,25). The third-order valence-corrected chi connectivity index (χ3v) is 7.05. The van der Waals surface area contributed by atoms with Crippen molar-refractivity contribution in [2.45, 2.75) is 24.3 Å². The maximum Gasteiger partial charge on any atom is 0.330 e. The molecule has 0 saturated carbocycles. The summed E-state index contributed by atoms with van der Waals surface area (Å²) >= 11 is 11.9. The van der Waals surface area contributed by atoms with E-state index in [0.29, 0.717) is 0 Å². The Morgan fingerprint density at radius 3 is 2.58 bits per heavy atom. The van der Waals surface area contributed by atoms with Gasteiger partial charge in [0.05, 0.1) is 34.2 Å². The molecule has 12 heteroatoms. The van der Waals surface area contributed by atoms with E-state index in [9.17, 15) is 18.0 Å². The number of ether oxygens (including phenoxy) is 2. The number of esters is 1. The van der Waals surface area contributed by atoms with Crippen LogP contribution in [-0.2, 0) is 19.6 Å². The van der Waals surface area contributed by atoms with Gasteiger partial charge in [0, 0.05) is 6.20 Å². The Labute approximate surface area is 189 Å². The molecule has 1 aliphatic heterocycles. The van der Waals surface area contributed by atoms with E-state index in [1.807, 2.05) is 0 Å². The Morgan fingerprint density at radius 2 is 1.94 bits per heavy atom. The third kappa shape index (κ3) is 4.56. The van der Waals surface area contributed by atoms with Crippen LogP contribution in [0, 0.1) is 0 Å². The minimum Gasteiger partial charge on any atom is -0.474 e. The van der Waals surface area contributed by atoms with E-state index in [1.165, 1.54) is 51.4 Å². The predicted molar refractivity (Wildman–Crippen MR) is 114 cm³/mol.